The number of imidazole rings is 1. The smallest absolute Gasteiger partial charge is 0.463 e. The maximum absolute atomic E-state index is 15.5. The number of halogens is 2. The number of aliphatic hydroxyl groups is 1. The molecule has 20 nitrogen and oxygen atoms in total. The molecular formula is C19H20F2N11O9P2S2+. The number of nitrogens with zero attached hydrogens (tertiary/aromatic N) is 8. The van der Waals surface area contributed by atoms with Crippen molar-refractivity contribution >= 4 is 72.6 Å². The second-order valence-electron chi connectivity index (χ2n) is 9.27. The highest BCUT2D eigenvalue weighted by Gasteiger charge is 2.50. The van der Waals surface area contributed by atoms with E-state index in [0.29, 0.717) is 0 Å². The summed E-state index contributed by atoms with van der Waals surface area (Å²) in [5.74, 6) is -1.62. The fourth-order valence-electron chi connectivity index (χ4n) is 4.60. The molecule has 0 radical (unpaired) electrons. The lowest BCUT2D eigenvalue weighted by molar-refractivity contribution is 0.0110. The summed E-state index contributed by atoms with van der Waals surface area (Å²) in [5, 5.41) is 15.2. The Morgan fingerprint density at radius 1 is 1.24 bits per heavy atom. The summed E-state index contributed by atoms with van der Waals surface area (Å²) >= 11 is 5.98. The molecule has 0 spiro atoms. The molecule has 1 fully saturated rings. The Labute approximate surface area is 258 Å². The summed E-state index contributed by atoms with van der Waals surface area (Å²) in [4.78, 5) is 50.5. The summed E-state index contributed by atoms with van der Waals surface area (Å²) in [6.07, 6.45) is -5.20. The molecule has 2 unspecified atom stereocenters. The minimum atomic E-state index is -4.44. The highest BCUT2D eigenvalue weighted by Crippen LogP contribution is 2.55. The number of aromatic amines is 1. The molecular weight excluding hydrogens is 690 g/mol. The summed E-state index contributed by atoms with van der Waals surface area (Å²) in [5.41, 5.74) is 10.6. The van der Waals surface area contributed by atoms with Crippen LogP contribution >= 0.6 is 26.7 Å². The quantitative estimate of drug-likeness (QED) is 0.116. The summed E-state index contributed by atoms with van der Waals surface area (Å²) in [6.45, 7) is -5.95. The average Bonchev–Trinajstić information content (AvgIpc) is 3.73. The summed E-state index contributed by atoms with van der Waals surface area (Å²) in [7, 11) is -3.40. The van der Waals surface area contributed by atoms with Gasteiger partial charge in [-0.2, -0.15) is 9.67 Å². The Kier molecular flexibility index (Phi) is 8.43. The number of H-pyrrole nitrogens is 1. The molecule has 240 valence electrons. The number of rotatable bonds is 10. The maximum Gasteiger partial charge on any atom is 0.747 e. The zero-order valence-corrected chi connectivity index (χ0v) is 25.4. The zero-order valence-electron chi connectivity index (χ0n) is 22.0. The predicted molar refractivity (Wildman–Crippen MR) is 153 cm³/mol. The SMILES string of the molecule is Nc1nc2c(ncn2[C@@H]2S[C@H](CO)[C@H](F)[C@H]2OP(O)(=S)OCC2=C(O[P+](=O)O)[C@H](F)[C@H](n3nnc4c(N)ncnc43)O2)c(=O)[nH]1. The van der Waals surface area contributed by atoms with Crippen molar-refractivity contribution in [1.82, 2.24) is 44.5 Å². The van der Waals surface area contributed by atoms with Crippen molar-refractivity contribution in [2.24, 2.45) is 0 Å². The molecule has 0 aliphatic carbocycles. The van der Waals surface area contributed by atoms with E-state index >= 15 is 8.78 Å². The van der Waals surface area contributed by atoms with Crippen LogP contribution in [0.25, 0.3) is 22.3 Å². The van der Waals surface area contributed by atoms with Crippen molar-refractivity contribution in [3.8, 4) is 0 Å². The fourth-order valence-corrected chi connectivity index (χ4v) is 7.78. The van der Waals surface area contributed by atoms with Crippen LogP contribution in [0.5, 0.6) is 0 Å². The van der Waals surface area contributed by atoms with E-state index in [2.05, 4.69) is 35.2 Å². The minimum absolute atomic E-state index is 0.0204. The van der Waals surface area contributed by atoms with Crippen molar-refractivity contribution in [1.29, 1.82) is 0 Å². The zero-order chi connectivity index (χ0) is 32.2. The summed E-state index contributed by atoms with van der Waals surface area (Å²) in [6, 6.07) is 0. The van der Waals surface area contributed by atoms with Gasteiger partial charge < -0.3 is 30.7 Å². The Balaban J connectivity index is 1.24. The molecule has 6 rings (SSSR count). The molecule has 8 atom stereocenters. The Hall–Kier alpha value is -3.47. The van der Waals surface area contributed by atoms with Crippen molar-refractivity contribution in [3.63, 3.8) is 0 Å². The van der Waals surface area contributed by atoms with Crippen LogP contribution in [0.1, 0.15) is 11.6 Å². The topological polar surface area (TPSA) is 287 Å². The molecule has 8 N–H and O–H groups in total. The van der Waals surface area contributed by atoms with Crippen LogP contribution in [0.4, 0.5) is 20.5 Å². The van der Waals surface area contributed by atoms with Gasteiger partial charge in [0.25, 0.3) is 5.56 Å². The first-order chi connectivity index (χ1) is 21.4. The predicted octanol–water partition coefficient (Wildman–Crippen LogP) is -0.173. The molecule has 0 amide bonds. The van der Waals surface area contributed by atoms with Gasteiger partial charge in [0, 0.05) is 4.57 Å². The third-order valence-electron chi connectivity index (χ3n) is 6.53. The van der Waals surface area contributed by atoms with Gasteiger partial charge in [0.15, 0.2) is 33.9 Å². The number of nitrogen functional groups attached to an aromatic ring is 2. The number of hydrogen-bond donors (Lipinski definition) is 6. The number of nitrogens with two attached hydrogens (primary N) is 2. The van der Waals surface area contributed by atoms with Crippen LogP contribution in [-0.2, 0) is 34.7 Å². The third kappa shape index (κ3) is 5.84. The van der Waals surface area contributed by atoms with Crippen molar-refractivity contribution in [3.05, 3.63) is 34.5 Å². The second-order valence-corrected chi connectivity index (χ2v) is 14.1. The Morgan fingerprint density at radius 2 is 2.02 bits per heavy atom. The van der Waals surface area contributed by atoms with Gasteiger partial charge in [-0.05, 0) is 11.8 Å². The van der Waals surface area contributed by atoms with E-state index in [-0.39, 0.29) is 34.1 Å². The van der Waals surface area contributed by atoms with Crippen LogP contribution in [-0.4, -0.2) is 96.3 Å². The Bertz CT molecular complexity index is 1950. The monoisotopic (exact) mass is 710 g/mol. The van der Waals surface area contributed by atoms with E-state index in [0.717, 1.165) is 22.8 Å². The largest absolute Gasteiger partial charge is 0.747 e. The maximum atomic E-state index is 15.5. The molecule has 0 aromatic carbocycles. The molecule has 0 bridgehead atoms. The molecule has 45 heavy (non-hydrogen) atoms. The van der Waals surface area contributed by atoms with Gasteiger partial charge in [0.2, 0.25) is 24.1 Å². The normalized spacial score (nSPS) is 26.8. The Morgan fingerprint density at radius 3 is 2.76 bits per heavy atom. The number of aliphatic hydroxyl groups excluding tert-OH is 1. The second kappa shape index (κ2) is 12.0. The lowest BCUT2D eigenvalue weighted by Crippen LogP contribution is -2.31. The minimum Gasteiger partial charge on any atom is -0.463 e. The van der Waals surface area contributed by atoms with Gasteiger partial charge >= 0.3 is 15.0 Å². The molecule has 1 saturated heterocycles. The first kappa shape index (κ1) is 31.5. The van der Waals surface area contributed by atoms with Gasteiger partial charge in [-0.15, -0.1) is 21.8 Å². The van der Waals surface area contributed by atoms with E-state index in [1.54, 1.807) is 0 Å². The van der Waals surface area contributed by atoms with Gasteiger partial charge in [-0.1, -0.05) is 5.21 Å². The van der Waals surface area contributed by atoms with Crippen LogP contribution < -0.4 is 17.0 Å². The lowest BCUT2D eigenvalue weighted by atomic mass is 10.1. The third-order valence-corrected chi connectivity index (χ3v) is 9.95. The number of fused-ring (bicyclic) bond motifs is 2. The van der Waals surface area contributed by atoms with Crippen molar-refractivity contribution in [2.45, 2.75) is 35.3 Å². The molecule has 4 aromatic rings. The number of nitrogens with one attached hydrogen (secondary N) is 1. The molecule has 2 aliphatic rings. The molecule has 4 aromatic heterocycles. The molecule has 0 saturated carbocycles. The van der Waals surface area contributed by atoms with E-state index in [9.17, 15) is 24.3 Å². The number of aromatic nitrogens is 9. The van der Waals surface area contributed by atoms with Gasteiger partial charge in [0.1, 0.15) is 30.6 Å². The van der Waals surface area contributed by atoms with Crippen LogP contribution in [0, 0.1) is 0 Å². The standard InChI is InChI=1S/C19H19F2N11O9P2S2/c20-7-6(1-33)45-18(31-4-26-10-15(31)27-19(23)28-16(10)34)12(7)41-43(37,44)38-2-5-11(40-42(35)36)8(21)17(39-5)32-14-9(29-30-32)13(22)24-3-25-14/h3-4,6-8,12,17-18,33H,1-2H2,(H6-,22,23,24,25,27,28,30,34,35,36,37,44)/p+1/t6-,7+,8+,12-,17-,18-,43?/m1/s1. The van der Waals surface area contributed by atoms with Gasteiger partial charge in [0.05, 0.1) is 18.2 Å². The first-order valence-corrected chi connectivity index (χ1v) is 17.0. The van der Waals surface area contributed by atoms with E-state index in [1.165, 1.54) is 10.9 Å². The highest BCUT2D eigenvalue weighted by atomic mass is 32.5. The number of alkyl halides is 2. The highest BCUT2D eigenvalue weighted by molar-refractivity contribution is 8.07. The average molecular weight is 711 g/mol. The van der Waals surface area contributed by atoms with E-state index < -0.39 is 80.6 Å². The summed E-state index contributed by atoms with van der Waals surface area (Å²) < 4.78 is 65.8. The van der Waals surface area contributed by atoms with Gasteiger partial charge in [-0.3, -0.25) is 18.9 Å². The first-order valence-electron chi connectivity index (χ1n) is 12.4. The molecule has 2 aliphatic heterocycles. The van der Waals surface area contributed by atoms with Crippen molar-refractivity contribution < 1.29 is 46.5 Å². The van der Waals surface area contributed by atoms with Crippen LogP contribution in [0.3, 0.4) is 0 Å². The van der Waals surface area contributed by atoms with Crippen LogP contribution in [0.15, 0.2) is 29.0 Å². The molecule has 6 heterocycles. The number of thioether (sulfide) groups is 1. The fraction of sp³-hybridized carbons (Fsp3) is 0.421. The van der Waals surface area contributed by atoms with Gasteiger partial charge in [-0.25, -0.2) is 28.3 Å². The van der Waals surface area contributed by atoms with E-state index in [1.807, 2.05) is 0 Å². The number of hydrogen-bond acceptors (Lipinski definition) is 17. The molecule has 26 heteroatoms. The number of anilines is 2. The lowest BCUT2D eigenvalue weighted by Gasteiger charge is -2.26. The van der Waals surface area contributed by atoms with Crippen molar-refractivity contribution in [2.75, 3.05) is 24.7 Å². The van der Waals surface area contributed by atoms with E-state index in [4.69, 9.17) is 41.6 Å². The van der Waals surface area contributed by atoms with Crippen LogP contribution in [0.2, 0.25) is 0 Å². The number of ether oxygens (including phenoxy) is 1.